The van der Waals surface area contributed by atoms with E-state index in [1.807, 2.05) is 6.07 Å². The zero-order valence-electron chi connectivity index (χ0n) is 16.3. The third-order valence-corrected chi connectivity index (χ3v) is 5.30. The minimum Gasteiger partial charge on any atom is -0.355 e. The highest BCUT2D eigenvalue weighted by atomic mass is 19.2. The summed E-state index contributed by atoms with van der Waals surface area (Å²) in [4.78, 5) is 0. The van der Waals surface area contributed by atoms with E-state index in [1.165, 1.54) is 12.1 Å². The van der Waals surface area contributed by atoms with Crippen LogP contribution >= 0.6 is 0 Å². The molecule has 0 bridgehead atoms. The fraction of sp³-hybridized carbons (Fsp3) is 0.200. The minimum absolute atomic E-state index is 0.128. The SMILES string of the molecule is C=CCc1ccc(-c2ccc(-c3ccc(C4COCOC4)c(F)c3)cc2)c(F)c1F. The largest absolute Gasteiger partial charge is 0.355 e. The van der Waals surface area contributed by atoms with Crippen LogP contribution in [0.1, 0.15) is 17.0 Å². The molecule has 0 aromatic heterocycles. The first-order chi connectivity index (χ1) is 14.6. The molecule has 0 unspecified atom stereocenters. The van der Waals surface area contributed by atoms with Crippen LogP contribution in [0, 0.1) is 17.5 Å². The van der Waals surface area contributed by atoms with Gasteiger partial charge in [-0.3, -0.25) is 0 Å². The van der Waals surface area contributed by atoms with Crippen LogP contribution in [0.5, 0.6) is 0 Å². The summed E-state index contributed by atoms with van der Waals surface area (Å²) in [6, 6.07) is 15.1. The Labute approximate surface area is 173 Å². The monoisotopic (exact) mass is 410 g/mol. The van der Waals surface area contributed by atoms with Crippen LogP contribution < -0.4 is 0 Å². The van der Waals surface area contributed by atoms with Crippen molar-refractivity contribution in [2.24, 2.45) is 0 Å². The molecule has 0 saturated carbocycles. The molecule has 5 heteroatoms. The van der Waals surface area contributed by atoms with Gasteiger partial charge in [-0.05, 0) is 40.3 Å². The van der Waals surface area contributed by atoms with Crippen molar-refractivity contribution in [3.63, 3.8) is 0 Å². The number of benzene rings is 3. The van der Waals surface area contributed by atoms with Crippen molar-refractivity contribution in [1.29, 1.82) is 0 Å². The minimum atomic E-state index is -0.880. The smallest absolute Gasteiger partial charge is 0.166 e. The zero-order valence-corrected chi connectivity index (χ0v) is 16.3. The molecule has 3 aromatic carbocycles. The van der Waals surface area contributed by atoms with E-state index in [2.05, 4.69) is 6.58 Å². The number of hydrogen-bond acceptors (Lipinski definition) is 2. The summed E-state index contributed by atoms with van der Waals surface area (Å²) in [5, 5.41) is 0. The van der Waals surface area contributed by atoms with Gasteiger partial charge in [-0.1, -0.05) is 54.6 Å². The maximum absolute atomic E-state index is 14.7. The second-order valence-corrected chi connectivity index (χ2v) is 7.26. The lowest BCUT2D eigenvalue weighted by Crippen LogP contribution is -2.23. The van der Waals surface area contributed by atoms with Crippen molar-refractivity contribution in [3.05, 3.63) is 95.8 Å². The van der Waals surface area contributed by atoms with Gasteiger partial charge in [0.2, 0.25) is 0 Å². The summed E-state index contributed by atoms with van der Waals surface area (Å²) in [5.41, 5.74) is 3.05. The molecule has 0 amide bonds. The molecule has 1 aliphatic heterocycles. The lowest BCUT2D eigenvalue weighted by atomic mass is 9.95. The van der Waals surface area contributed by atoms with E-state index < -0.39 is 11.6 Å². The first kappa shape index (κ1) is 20.4. The zero-order chi connectivity index (χ0) is 21.1. The van der Waals surface area contributed by atoms with Crippen molar-refractivity contribution < 1.29 is 22.6 Å². The molecule has 0 spiro atoms. The van der Waals surface area contributed by atoms with Crippen molar-refractivity contribution in [2.75, 3.05) is 20.0 Å². The normalized spacial score (nSPS) is 14.6. The topological polar surface area (TPSA) is 18.5 Å². The predicted molar refractivity (Wildman–Crippen MR) is 111 cm³/mol. The fourth-order valence-electron chi connectivity index (χ4n) is 3.67. The fourth-order valence-corrected chi connectivity index (χ4v) is 3.67. The molecule has 0 N–H and O–H groups in total. The van der Waals surface area contributed by atoms with E-state index in [1.54, 1.807) is 42.5 Å². The third-order valence-electron chi connectivity index (χ3n) is 5.30. The van der Waals surface area contributed by atoms with Gasteiger partial charge in [-0.2, -0.15) is 0 Å². The Kier molecular flexibility index (Phi) is 6.02. The quantitative estimate of drug-likeness (QED) is 0.463. The van der Waals surface area contributed by atoms with E-state index in [9.17, 15) is 13.2 Å². The van der Waals surface area contributed by atoms with E-state index in [0.29, 0.717) is 29.9 Å². The van der Waals surface area contributed by atoms with Gasteiger partial charge in [-0.25, -0.2) is 13.2 Å². The second-order valence-electron chi connectivity index (χ2n) is 7.26. The summed E-state index contributed by atoms with van der Waals surface area (Å²) in [5.74, 6) is -2.18. The Balaban J connectivity index is 1.59. The van der Waals surface area contributed by atoms with E-state index in [4.69, 9.17) is 9.47 Å². The highest BCUT2D eigenvalue weighted by Crippen LogP contribution is 2.31. The summed E-state index contributed by atoms with van der Waals surface area (Å²) < 4.78 is 53.9. The molecular formula is C25H21F3O2. The first-order valence-corrected chi connectivity index (χ1v) is 9.72. The Bertz CT molecular complexity index is 1050. The Morgan fingerprint density at radius 1 is 0.833 bits per heavy atom. The van der Waals surface area contributed by atoms with Crippen LogP contribution in [-0.4, -0.2) is 20.0 Å². The Hall–Kier alpha value is -2.89. The second kappa shape index (κ2) is 8.86. The highest BCUT2D eigenvalue weighted by Gasteiger charge is 2.20. The van der Waals surface area contributed by atoms with Gasteiger partial charge in [0.15, 0.2) is 11.6 Å². The molecule has 0 aliphatic carbocycles. The summed E-state index contributed by atoms with van der Waals surface area (Å²) >= 11 is 0. The van der Waals surface area contributed by atoms with Crippen molar-refractivity contribution in [1.82, 2.24) is 0 Å². The number of rotatable bonds is 5. The van der Waals surface area contributed by atoms with Crippen molar-refractivity contribution in [3.8, 4) is 22.3 Å². The van der Waals surface area contributed by atoms with Gasteiger partial charge in [0.25, 0.3) is 0 Å². The molecule has 4 rings (SSSR count). The molecule has 2 nitrogen and oxygen atoms in total. The van der Waals surface area contributed by atoms with Gasteiger partial charge >= 0.3 is 0 Å². The number of ether oxygens (including phenoxy) is 2. The molecule has 1 aliphatic rings. The summed E-state index contributed by atoms with van der Waals surface area (Å²) in [6.45, 7) is 4.65. The molecular weight excluding hydrogens is 389 g/mol. The maximum Gasteiger partial charge on any atom is 0.166 e. The molecule has 1 saturated heterocycles. The molecule has 154 valence electrons. The molecule has 0 atom stereocenters. The molecule has 3 aromatic rings. The molecule has 30 heavy (non-hydrogen) atoms. The lowest BCUT2D eigenvalue weighted by Gasteiger charge is -2.23. The van der Waals surface area contributed by atoms with Gasteiger partial charge in [0, 0.05) is 11.5 Å². The first-order valence-electron chi connectivity index (χ1n) is 9.72. The van der Waals surface area contributed by atoms with Crippen molar-refractivity contribution >= 4 is 0 Å². The van der Waals surface area contributed by atoms with E-state index in [-0.39, 0.29) is 36.1 Å². The van der Waals surface area contributed by atoms with Crippen LogP contribution in [0.15, 0.2) is 67.3 Å². The van der Waals surface area contributed by atoms with E-state index in [0.717, 1.165) is 5.56 Å². The molecule has 0 radical (unpaired) electrons. The van der Waals surface area contributed by atoms with Gasteiger partial charge in [0.1, 0.15) is 12.6 Å². The van der Waals surface area contributed by atoms with Crippen LogP contribution in [0.4, 0.5) is 13.2 Å². The van der Waals surface area contributed by atoms with Gasteiger partial charge in [-0.15, -0.1) is 6.58 Å². The Morgan fingerprint density at radius 2 is 1.50 bits per heavy atom. The number of halogens is 3. The highest BCUT2D eigenvalue weighted by molar-refractivity contribution is 5.71. The number of allylic oxidation sites excluding steroid dienone is 1. The van der Waals surface area contributed by atoms with Gasteiger partial charge in [0.05, 0.1) is 13.2 Å². The van der Waals surface area contributed by atoms with Crippen LogP contribution in [0.25, 0.3) is 22.3 Å². The van der Waals surface area contributed by atoms with E-state index >= 15 is 0 Å². The average Bonchev–Trinajstić information content (AvgIpc) is 2.78. The predicted octanol–water partition coefficient (Wildman–Crippen LogP) is 6.25. The van der Waals surface area contributed by atoms with Crippen LogP contribution in [0.3, 0.4) is 0 Å². The third kappa shape index (κ3) is 4.04. The Morgan fingerprint density at radius 3 is 2.17 bits per heavy atom. The molecule has 1 heterocycles. The average molecular weight is 410 g/mol. The maximum atomic E-state index is 14.7. The van der Waals surface area contributed by atoms with Gasteiger partial charge < -0.3 is 9.47 Å². The van der Waals surface area contributed by atoms with Crippen molar-refractivity contribution in [2.45, 2.75) is 12.3 Å². The molecule has 1 fully saturated rings. The number of hydrogen-bond donors (Lipinski definition) is 0. The standard InChI is InChI=1S/C25H21F3O2/c1-2-3-18-8-11-22(25(28)24(18)27)17-6-4-16(5-7-17)19-9-10-21(23(26)12-19)20-13-29-15-30-14-20/h2,4-12,20H,1,3,13-15H2. The lowest BCUT2D eigenvalue weighted by molar-refractivity contribution is -0.108. The van der Waals surface area contributed by atoms with Crippen LogP contribution in [-0.2, 0) is 15.9 Å². The van der Waals surface area contributed by atoms with Crippen LogP contribution in [0.2, 0.25) is 0 Å². The summed E-state index contributed by atoms with van der Waals surface area (Å²) in [6.07, 6.45) is 1.80. The summed E-state index contributed by atoms with van der Waals surface area (Å²) in [7, 11) is 0.